The van der Waals surface area contributed by atoms with Crippen LogP contribution in [0.25, 0.3) is 22.5 Å². The van der Waals surface area contributed by atoms with Gasteiger partial charge in [-0.3, -0.25) is 9.59 Å². The fraction of sp³-hybridized carbons (Fsp3) is 0.280. The van der Waals surface area contributed by atoms with Crippen LogP contribution in [0.15, 0.2) is 48.5 Å². The van der Waals surface area contributed by atoms with Gasteiger partial charge in [-0.2, -0.15) is 0 Å². The quantitative estimate of drug-likeness (QED) is 0.520. The molecule has 3 N–H and O–H groups in total. The van der Waals surface area contributed by atoms with Crippen LogP contribution in [0, 0.1) is 11.6 Å². The first-order chi connectivity index (χ1) is 15.5. The molecule has 0 spiro atoms. The van der Waals surface area contributed by atoms with Crippen molar-refractivity contribution in [2.45, 2.75) is 38.6 Å². The molecular weight excluding hydrogens is 412 g/mol. The first-order valence-corrected chi connectivity index (χ1v) is 10.8. The van der Waals surface area contributed by atoms with Crippen molar-refractivity contribution in [3.63, 3.8) is 0 Å². The fourth-order valence-electron chi connectivity index (χ4n) is 4.21. The summed E-state index contributed by atoms with van der Waals surface area (Å²) in [5, 5.41) is 5.51. The fourth-order valence-corrected chi connectivity index (χ4v) is 4.21. The summed E-state index contributed by atoms with van der Waals surface area (Å²) in [5.74, 6) is -0.987. The Balaban J connectivity index is 1.66. The van der Waals surface area contributed by atoms with Gasteiger partial charge < -0.3 is 15.6 Å². The first kappa shape index (κ1) is 21.7. The highest BCUT2D eigenvalue weighted by Gasteiger charge is 2.26. The number of aromatic amines is 1. The standard InChI is InChI=1S/C25H25F2N3O2/c1-2-19-20(11-12-22(31)29-21-13-14-28-25(21)32)24(16-5-9-18(27)10-6-16)30-23(19)15-3-7-17(26)8-4-15/h3-10,21,30H,2,11-14H2,1H3,(H,28,32)(H,29,31). The normalized spacial score (nSPS) is 15.6. The van der Waals surface area contributed by atoms with Gasteiger partial charge in [0.1, 0.15) is 17.7 Å². The van der Waals surface area contributed by atoms with Crippen molar-refractivity contribution in [3.8, 4) is 22.5 Å². The highest BCUT2D eigenvalue weighted by Crippen LogP contribution is 2.35. The molecule has 1 unspecified atom stereocenters. The van der Waals surface area contributed by atoms with Crippen molar-refractivity contribution in [2.24, 2.45) is 0 Å². The average molecular weight is 437 g/mol. The van der Waals surface area contributed by atoms with Crippen molar-refractivity contribution < 1.29 is 18.4 Å². The minimum absolute atomic E-state index is 0.153. The monoisotopic (exact) mass is 437 g/mol. The molecule has 32 heavy (non-hydrogen) atoms. The predicted molar refractivity (Wildman–Crippen MR) is 119 cm³/mol. The molecule has 0 aliphatic carbocycles. The number of hydrogen-bond donors (Lipinski definition) is 3. The number of H-pyrrole nitrogens is 1. The summed E-state index contributed by atoms with van der Waals surface area (Å²) in [6, 6.07) is 11.9. The Hall–Kier alpha value is -3.48. The lowest BCUT2D eigenvalue weighted by molar-refractivity contribution is -0.127. The van der Waals surface area contributed by atoms with Crippen molar-refractivity contribution in [1.29, 1.82) is 0 Å². The second-order valence-corrected chi connectivity index (χ2v) is 7.90. The molecule has 1 aromatic heterocycles. The van der Waals surface area contributed by atoms with Crippen molar-refractivity contribution >= 4 is 11.8 Å². The second kappa shape index (κ2) is 9.34. The van der Waals surface area contributed by atoms with Gasteiger partial charge in [-0.15, -0.1) is 0 Å². The number of nitrogens with one attached hydrogen (secondary N) is 3. The van der Waals surface area contributed by atoms with E-state index in [1.165, 1.54) is 24.3 Å². The van der Waals surface area contributed by atoms with Crippen LogP contribution in [0.5, 0.6) is 0 Å². The zero-order valence-corrected chi connectivity index (χ0v) is 17.8. The summed E-state index contributed by atoms with van der Waals surface area (Å²) in [7, 11) is 0. The Morgan fingerprint density at radius 3 is 2.03 bits per heavy atom. The third-order valence-electron chi connectivity index (χ3n) is 5.82. The maximum atomic E-state index is 13.5. The maximum absolute atomic E-state index is 13.5. The molecule has 166 valence electrons. The summed E-state index contributed by atoms with van der Waals surface area (Å²) < 4.78 is 27.0. The van der Waals surface area contributed by atoms with E-state index in [-0.39, 0.29) is 29.9 Å². The van der Waals surface area contributed by atoms with Crippen molar-refractivity contribution in [2.75, 3.05) is 6.54 Å². The maximum Gasteiger partial charge on any atom is 0.242 e. The highest BCUT2D eigenvalue weighted by molar-refractivity contribution is 5.89. The van der Waals surface area contributed by atoms with E-state index in [1.807, 2.05) is 6.92 Å². The summed E-state index contributed by atoms with van der Waals surface area (Å²) in [6.45, 7) is 2.59. The number of rotatable bonds is 7. The van der Waals surface area contributed by atoms with Crippen LogP contribution >= 0.6 is 0 Å². The van der Waals surface area contributed by atoms with Gasteiger partial charge in [-0.1, -0.05) is 6.92 Å². The van der Waals surface area contributed by atoms with Crippen molar-refractivity contribution in [3.05, 3.63) is 71.3 Å². The minimum Gasteiger partial charge on any atom is -0.354 e. The van der Waals surface area contributed by atoms with Crippen LogP contribution in [0.3, 0.4) is 0 Å². The molecule has 3 aromatic rings. The van der Waals surface area contributed by atoms with E-state index in [2.05, 4.69) is 15.6 Å². The van der Waals surface area contributed by atoms with Gasteiger partial charge in [0.05, 0.1) is 0 Å². The zero-order valence-electron chi connectivity index (χ0n) is 17.8. The average Bonchev–Trinajstić information content (AvgIpc) is 3.36. The summed E-state index contributed by atoms with van der Waals surface area (Å²) in [6.07, 6.45) is 1.95. The van der Waals surface area contributed by atoms with Gasteiger partial charge in [0.25, 0.3) is 0 Å². The molecule has 0 saturated carbocycles. The van der Waals surface area contributed by atoms with E-state index in [1.54, 1.807) is 24.3 Å². The Kier molecular flexibility index (Phi) is 6.35. The van der Waals surface area contributed by atoms with E-state index < -0.39 is 6.04 Å². The van der Waals surface area contributed by atoms with Gasteiger partial charge in [-0.25, -0.2) is 8.78 Å². The molecule has 7 heteroatoms. The Morgan fingerprint density at radius 2 is 1.53 bits per heavy atom. The molecule has 1 atom stereocenters. The summed E-state index contributed by atoms with van der Waals surface area (Å²) in [5.41, 5.74) is 5.31. The van der Waals surface area contributed by atoms with Gasteiger partial charge in [0.2, 0.25) is 11.8 Å². The first-order valence-electron chi connectivity index (χ1n) is 10.8. The molecule has 2 aromatic carbocycles. The zero-order chi connectivity index (χ0) is 22.7. The van der Waals surface area contributed by atoms with Crippen LogP contribution in [0.1, 0.15) is 30.9 Å². The lowest BCUT2D eigenvalue weighted by atomic mass is 9.96. The molecule has 2 amide bonds. The molecule has 0 radical (unpaired) electrons. The van der Waals surface area contributed by atoms with E-state index >= 15 is 0 Å². The molecular formula is C25H25F2N3O2. The second-order valence-electron chi connectivity index (χ2n) is 7.90. The molecule has 1 saturated heterocycles. The Bertz CT molecular complexity index is 1120. The topological polar surface area (TPSA) is 74.0 Å². The molecule has 2 heterocycles. The van der Waals surface area contributed by atoms with Gasteiger partial charge in [-0.05, 0) is 90.0 Å². The SMILES string of the molecule is CCc1c(-c2ccc(F)cc2)[nH]c(-c2ccc(F)cc2)c1CCC(=O)NC1CCNC1=O. The smallest absolute Gasteiger partial charge is 0.242 e. The lowest BCUT2D eigenvalue weighted by Gasteiger charge is -2.11. The van der Waals surface area contributed by atoms with Crippen molar-refractivity contribution in [1.82, 2.24) is 15.6 Å². The Morgan fingerprint density at radius 1 is 0.969 bits per heavy atom. The number of benzene rings is 2. The van der Waals surface area contributed by atoms with E-state index in [0.717, 1.165) is 33.6 Å². The molecule has 4 rings (SSSR count). The molecule has 1 aliphatic heterocycles. The number of carbonyl (C=O) groups excluding carboxylic acids is 2. The lowest BCUT2D eigenvalue weighted by Crippen LogP contribution is -2.40. The third-order valence-corrected chi connectivity index (χ3v) is 5.82. The van der Waals surface area contributed by atoms with Crippen LogP contribution < -0.4 is 10.6 Å². The molecule has 0 bridgehead atoms. The van der Waals surface area contributed by atoms with Gasteiger partial charge >= 0.3 is 0 Å². The molecule has 1 fully saturated rings. The third kappa shape index (κ3) is 4.56. The van der Waals surface area contributed by atoms with Gasteiger partial charge in [0.15, 0.2) is 0 Å². The van der Waals surface area contributed by atoms with Crippen LogP contribution in [-0.2, 0) is 22.4 Å². The van der Waals surface area contributed by atoms with Crippen LogP contribution in [0.4, 0.5) is 8.78 Å². The number of halogens is 2. The molecule has 1 aliphatic rings. The molecule has 5 nitrogen and oxygen atoms in total. The summed E-state index contributed by atoms with van der Waals surface area (Å²) in [4.78, 5) is 27.7. The minimum atomic E-state index is -0.481. The predicted octanol–water partition coefficient (Wildman–Crippen LogP) is 4.13. The number of carbonyl (C=O) groups is 2. The van der Waals surface area contributed by atoms with E-state index in [9.17, 15) is 18.4 Å². The van der Waals surface area contributed by atoms with E-state index in [4.69, 9.17) is 0 Å². The Labute approximate surface area is 185 Å². The largest absolute Gasteiger partial charge is 0.354 e. The van der Waals surface area contributed by atoms with E-state index in [0.29, 0.717) is 25.8 Å². The number of hydrogen-bond acceptors (Lipinski definition) is 2. The number of aromatic nitrogens is 1. The summed E-state index contributed by atoms with van der Waals surface area (Å²) >= 11 is 0. The van der Waals surface area contributed by atoms with Gasteiger partial charge in [0, 0.05) is 24.4 Å². The number of amides is 2. The van der Waals surface area contributed by atoms with Crippen LogP contribution in [-0.4, -0.2) is 29.4 Å². The van der Waals surface area contributed by atoms with Crippen LogP contribution in [0.2, 0.25) is 0 Å². The highest BCUT2D eigenvalue weighted by atomic mass is 19.1.